The first kappa shape index (κ1) is 15.9. The average Bonchev–Trinajstić information content (AvgIpc) is 3.19. The van der Waals surface area contributed by atoms with E-state index in [-0.39, 0.29) is 0 Å². The lowest BCUT2D eigenvalue weighted by atomic mass is 10.1. The molecule has 0 aliphatic carbocycles. The van der Waals surface area contributed by atoms with E-state index in [1.165, 1.54) is 16.2 Å². The molecule has 24 heavy (non-hydrogen) atoms. The molecule has 8 nitrogen and oxygen atoms in total. The van der Waals surface area contributed by atoms with Gasteiger partial charge >= 0.3 is 0 Å². The zero-order chi connectivity index (χ0) is 17.1. The van der Waals surface area contributed by atoms with E-state index >= 15 is 0 Å². The third kappa shape index (κ3) is 3.19. The smallest absolute Gasteiger partial charge is 0.267 e. The monoisotopic (exact) mass is 327 g/mol. The summed E-state index contributed by atoms with van der Waals surface area (Å²) >= 11 is 0. The number of aromatic nitrogens is 4. The van der Waals surface area contributed by atoms with E-state index in [1.807, 2.05) is 30.3 Å². The topological polar surface area (TPSA) is 116 Å². The highest BCUT2D eigenvalue weighted by Crippen LogP contribution is 2.25. The molecule has 0 aliphatic rings. The molecule has 0 fully saturated rings. The largest absolute Gasteiger partial charge is 0.391 e. The maximum Gasteiger partial charge on any atom is 0.267 e. The van der Waals surface area contributed by atoms with Crippen LogP contribution in [0, 0.1) is 0 Å². The van der Waals surface area contributed by atoms with Gasteiger partial charge in [0.15, 0.2) is 0 Å². The average molecular weight is 327 g/mol. The Morgan fingerprint density at radius 3 is 2.92 bits per heavy atom. The van der Waals surface area contributed by atoms with Gasteiger partial charge in [-0.25, -0.2) is 10.2 Å². The first-order chi connectivity index (χ1) is 11.6. The van der Waals surface area contributed by atoms with Crippen molar-refractivity contribution in [3.63, 3.8) is 0 Å². The van der Waals surface area contributed by atoms with Crippen LogP contribution in [0.5, 0.6) is 0 Å². The van der Waals surface area contributed by atoms with Gasteiger partial charge in [0, 0.05) is 17.3 Å². The van der Waals surface area contributed by atoms with E-state index in [0.717, 1.165) is 22.7 Å². The van der Waals surface area contributed by atoms with E-state index in [2.05, 4.69) is 15.3 Å². The van der Waals surface area contributed by atoms with Crippen LogP contribution in [0.25, 0.3) is 17.0 Å². The predicted octanol–water partition coefficient (Wildman–Crippen LogP) is 1.25. The molecule has 0 bridgehead atoms. The van der Waals surface area contributed by atoms with Crippen molar-refractivity contribution in [3.8, 4) is 0 Å². The van der Waals surface area contributed by atoms with Gasteiger partial charge in [-0.05, 0) is 30.5 Å². The molecule has 0 saturated heterocycles. The van der Waals surface area contributed by atoms with Gasteiger partial charge in [0.05, 0.1) is 12.3 Å². The molecule has 124 valence electrons. The number of carbonyl (C=O) groups excluding carboxylic acids is 1. The number of nitrogens with one attached hydrogen (secondary N) is 2. The minimum atomic E-state index is -0.711. The van der Waals surface area contributed by atoms with Crippen molar-refractivity contribution in [2.75, 3.05) is 0 Å². The number of hydroxylamine groups is 1. The van der Waals surface area contributed by atoms with E-state index in [1.54, 1.807) is 13.1 Å². The number of benzene rings is 1. The summed E-state index contributed by atoms with van der Waals surface area (Å²) in [5, 5.41) is 27.7. The molecule has 3 aromatic rings. The van der Waals surface area contributed by atoms with Crippen molar-refractivity contribution in [1.29, 1.82) is 0 Å². The van der Waals surface area contributed by atoms with Crippen molar-refractivity contribution >= 4 is 22.9 Å². The number of nitrogens with zero attached hydrogens (tertiary/aromatic N) is 3. The molecular weight excluding hydrogens is 310 g/mol. The molecule has 0 saturated carbocycles. The molecule has 2 aromatic heterocycles. The summed E-state index contributed by atoms with van der Waals surface area (Å²) in [5.74, 6) is -0.660. The summed E-state index contributed by atoms with van der Waals surface area (Å²) in [5.41, 5.74) is 3.70. The number of aliphatic hydroxyl groups excluding tert-OH is 1. The lowest BCUT2D eigenvalue weighted by molar-refractivity contribution is -0.124. The SMILES string of the molecule is CC(O)C(c1cc2ccccc2[nH]1)n1cc(/C=C/C(=O)NO)nn1. The number of hydrogen-bond acceptors (Lipinski definition) is 5. The maximum absolute atomic E-state index is 11.0. The fourth-order valence-corrected chi connectivity index (χ4v) is 2.58. The van der Waals surface area contributed by atoms with Gasteiger partial charge in [0.25, 0.3) is 5.91 Å². The van der Waals surface area contributed by atoms with Crippen LogP contribution in [0.1, 0.15) is 24.4 Å². The van der Waals surface area contributed by atoms with Crippen molar-refractivity contribution in [2.24, 2.45) is 0 Å². The third-order valence-corrected chi connectivity index (χ3v) is 3.66. The second kappa shape index (κ2) is 6.65. The van der Waals surface area contributed by atoms with Crippen LogP contribution in [-0.2, 0) is 4.79 Å². The lowest BCUT2D eigenvalue weighted by Crippen LogP contribution is -2.23. The van der Waals surface area contributed by atoms with E-state index in [4.69, 9.17) is 5.21 Å². The molecule has 2 atom stereocenters. The van der Waals surface area contributed by atoms with Crippen molar-refractivity contribution in [2.45, 2.75) is 19.1 Å². The molecule has 0 aliphatic heterocycles. The molecule has 2 heterocycles. The Kier molecular flexibility index (Phi) is 4.41. The normalized spacial score (nSPS) is 14.1. The number of fused-ring (bicyclic) bond motifs is 1. The number of para-hydroxylation sites is 1. The number of amides is 1. The van der Waals surface area contributed by atoms with E-state index in [0.29, 0.717) is 5.69 Å². The molecule has 4 N–H and O–H groups in total. The van der Waals surface area contributed by atoms with Crippen molar-refractivity contribution < 1.29 is 15.1 Å². The first-order valence-electron chi connectivity index (χ1n) is 7.38. The minimum absolute atomic E-state index is 0.431. The molecule has 3 rings (SSSR count). The fraction of sp³-hybridized carbons (Fsp3) is 0.188. The first-order valence-corrected chi connectivity index (χ1v) is 7.38. The molecule has 2 unspecified atom stereocenters. The second-order valence-electron chi connectivity index (χ2n) is 5.43. The number of aliphatic hydroxyl groups is 1. The number of rotatable bonds is 5. The quantitative estimate of drug-likeness (QED) is 0.320. The molecule has 8 heteroatoms. The van der Waals surface area contributed by atoms with Gasteiger partial charge in [0.1, 0.15) is 11.7 Å². The van der Waals surface area contributed by atoms with Crippen LogP contribution in [0.3, 0.4) is 0 Å². The van der Waals surface area contributed by atoms with Crippen molar-refractivity contribution in [1.82, 2.24) is 25.5 Å². The molecule has 0 radical (unpaired) electrons. The predicted molar refractivity (Wildman–Crippen MR) is 87.1 cm³/mol. The Labute approximate surface area is 137 Å². The fourth-order valence-electron chi connectivity index (χ4n) is 2.58. The summed E-state index contributed by atoms with van der Waals surface area (Å²) in [4.78, 5) is 14.3. The number of H-pyrrole nitrogens is 1. The lowest BCUT2D eigenvalue weighted by Gasteiger charge is -2.18. The van der Waals surface area contributed by atoms with Crippen molar-refractivity contribution in [3.05, 3.63) is 54.0 Å². The number of hydrogen-bond donors (Lipinski definition) is 4. The molecular formula is C16H17N5O3. The standard InChI is InChI=1S/C16H17N5O3/c1-10(22)16(14-8-11-4-2-3-5-13(11)17-14)21-9-12(18-20-21)6-7-15(23)19-24/h2-10,16-17,22,24H,1H3,(H,19,23)/b7-6+. The van der Waals surface area contributed by atoms with Gasteiger partial charge in [-0.1, -0.05) is 23.4 Å². The molecule has 1 amide bonds. The zero-order valence-electron chi connectivity index (χ0n) is 12.9. The minimum Gasteiger partial charge on any atom is -0.391 e. The van der Waals surface area contributed by atoms with E-state index in [9.17, 15) is 9.90 Å². The second-order valence-corrected chi connectivity index (χ2v) is 5.43. The number of carbonyl (C=O) groups is 1. The highest BCUT2D eigenvalue weighted by Gasteiger charge is 2.22. The van der Waals surface area contributed by atoms with Crippen LogP contribution in [0.4, 0.5) is 0 Å². The van der Waals surface area contributed by atoms with Crippen LogP contribution in [0.2, 0.25) is 0 Å². The van der Waals surface area contributed by atoms with Crippen LogP contribution in [-0.4, -0.2) is 42.3 Å². The van der Waals surface area contributed by atoms with Gasteiger partial charge in [0.2, 0.25) is 0 Å². The summed E-state index contributed by atoms with van der Waals surface area (Å²) in [7, 11) is 0. The highest BCUT2D eigenvalue weighted by atomic mass is 16.5. The van der Waals surface area contributed by atoms with Crippen LogP contribution < -0.4 is 5.48 Å². The molecule has 1 aromatic carbocycles. The van der Waals surface area contributed by atoms with Gasteiger partial charge < -0.3 is 10.1 Å². The Bertz CT molecular complexity index is 848. The Balaban J connectivity index is 1.93. The summed E-state index contributed by atoms with van der Waals surface area (Å²) in [6.45, 7) is 1.67. The highest BCUT2D eigenvalue weighted by molar-refractivity contribution is 5.90. The van der Waals surface area contributed by atoms with E-state index < -0.39 is 18.1 Å². The third-order valence-electron chi connectivity index (χ3n) is 3.66. The maximum atomic E-state index is 11.0. The molecule has 0 spiro atoms. The van der Waals surface area contributed by atoms with Gasteiger partial charge in [-0.2, -0.15) is 0 Å². The Hall–Kier alpha value is -2.97. The summed E-state index contributed by atoms with van der Waals surface area (Å²) in [6, 6.07) is 9.34. The van der Waals surface area contributed by atoms with Gasteiger partial charge in [-0.15, -0.1) is 5.10 Å². The number of aromatic amines is 1. The van der Waals surface area contributed by atoms with Gasteiger partial charge in [-0.3, -0.25) is 10.0 Å². The Morgan fingerprint density at radius 2 is 2.21 bits per heavy atom. The van der Waals surface area contributed by atoms with Crippen LogP contribution in [0.15, 0.2) is 42.6 Å². The zero-order valence-corrected chi connectivity index (χ0v) is 12.9. The van der Waals surface area contributed by atoms with Crippen LogP contribution >= 0.6 is 0 Å². The summed E-state index contributed by atoms with van der Waals surface area (Å²) < 4.78 is 1.53. The summed E-state index contributed by atoms with van der Waals surface area (Å²) in [6.07, 6.45) is 3.45. The Morgan fingerprint density at radius 1 is 1.42 bits per heavy atom.